The summed E-state index contributed by atoms with van der Waals surface area (Å²) in [4.78, 5) is 7.99. The molecule has 5 nitrogen and oxygen atoms in total. The summed E-state index contributed by atoms with van der Waals surface area (Å²) in [6, 6.07) is 0. The monoisotopic (exact) mass is 253 g/mol. The van der Waals surface area contributed by atoms with Crippen molar-refractivity contribution < 1.29 is 0 Å². The zero-order valence-electron chi connectivity index (χ0n) is 7.48. The highest BCUT2D eigenvalue weighted by atomic mass is 79.9. The number of nitrogen functional groups attached to an aromatic ring is 1. The van der Waals surface area contributed by atoms with Gasteiger partial charge < -0.3 is 5.73 Å². The Bertz CT molecular complexity index is 465. The molecule has 6 heteroatoms. The molecule has 2 heterocycles. The van der Waals surface area contributed by atoms with Crippen LogP contribution in [0.4, 0.5) is 5.95 Å². The van der Waals surface area contributed by atoms with Gasteiger partial charge in [0.15, 0.2) is 5.82 Å². The van der Waals surface area contributed by atoms with E-state index in [0.717, 1.165) is 10.0 Å². The largest absolute Gasteiger partial charge is 0.368 e. The van der Waals surface area contributed by atoms with Crippen LogP contribution in [-0.4, -0.2) is 19.7 Å². The van der Waals surface area contributed by atoms with E-state index < -0.39 is 0 Å². The van der Waals surface area contributed by atoms with Gasteiger partial charge in [0.1, 0.15) is 0 Å². The second-order valence-corrected chi connectivity index (χ2v) is 3.75. The molecule has 0 fully saturated rings. The third-order valence-corrected chi connectivity index (χ3v) is 2.14. The van der Waals surface area contributed by atoms with E-state index in [1.807, 2.05) is 13.1 Å². The Morgan fingerprint density at radius 3 is 2.86 bits per heavy atom. The van der Waals surface area contributed by atoms with Crippen LogP contribution in [0.2, 0.25) is 0 Å². The molecule has 2 aromatic heterocycles. The van der Waals surface area contributed by atoms with E-state index in [0.29, 0.717) is 5.82 Å². The normalized spacial score (nSPS) is 10.4. The van der Waals surface area contributed by atoms with Gasteiger partial charge in [0.25, 0.3) is 0 Å². The molecule has 14 heavy (non-hydrogen) atoms. The van der Waals surface area contributed by atoms with Crippen molar-refractivity contribution in [2.75, 3.05) is 5.73 Å². The standard InChI is InChI=1S/C8H8BrN5/c1-5-2-11-8(10)13-7(5)14-4-6(9)3-12-14/h2-4H,1H3,(H2,10,11,13). The summed E-state index contributed by atoms with van der Waals surface area (Å²) in [7, 11) is 0. The Labute approximate surface area is 89.1 Å². The zero-order chi connectivity index (χ0) is 10.1. The summed E-state index contributed by atoms with van der Waals surface area (Å²) in [5, 5.41) is 4.11. The van der Waals surface area contributed by atoms with Gasteiger partial charge in [0, 0.05) is 18.0 Å². The van der Waals surface area contributed by atoms with Crippen LogP contribution in [0.1, 0.15) is 5.56 Å². The first-order valence-corrected chi connectivity index (χ1v) is 4.76. The van der Waals surface area contributed by atoms with Crippen LogP contribution in [0.25, 0.3) is 5.82 Å². The third-order valence-electron chi connectivity index (χ3n) is 1.73. The lowest BCUT2D eigenvalue weighted by molar-refractivity contribution is 0.832. The highest BCUT2D eigenvalue weighted by molar-refractivity contribution is 9.10. The minimum atomic E-state index is 0.247. The Balaban J connectivity index is 2.55. The Hall–Kier alpha value is -1.43. The predicted octanol–water partition coefficient (Wildman–Crippen LogP) is 1.32. The molecule has 2 aromatic rings. The number of hydrogen-bond acceptors (Lipinski definition) is 4. The van der Waals surface area contributed by atoms with E-state index in [4.69, 9.17) is 5.73 Å². The van der Waals surface area contributed by atoms with Crippen LogP contribution in [0, 0.1) is 6.92 Å². The van der Waals surface area contributed by atoms with Gasteiger partial charge >= 0.3 is 0 Å². The molecule has 2 rings (SSSR count). The molecule has 0 amide bonds. The van der Waals surface area contributed by atoms with Crippen molar-refractivity contribution in [3.05, 3.63) is 28.6 Å². The maximum atomic E-state index is 5.50. The van der Waals surface area contributed by atoms with Crippen molar-refractivity contribution in [1.82, 2.24) is 19.7 Å². The minimum Gasteiger partial charge on any atom is -0.368 e. The summed E-state index contributed by atoms with van der Waals surface area (Å²) in [6.45, 7) is 1.91. The summed E-state index contributed by atoms with van der Waals surface area (Å²) in [6.07, 6.45) is 5.18. The molecular formula is C8H8BrN5. The minimum absolute atomic E-state index is 0.247. The molecule has 0 atom stereocenters. The van der Waals surface area contributed by atoms with Crippen LogP contribution in [0.5, 0.6) is 0 Å². The van der Waals surface area contributed by atoms with Gasteiger partial charge in [-0.3, -0.25) is 0 Å². The SMILES string of the molecule is Cc1cnc(N)nc1-n1cc(Br)cn1. The van der Waals surface area contributed by atoms with Crippen molar-refractivity contribution >= 4 is 21.9 Å². The van der Waals surface area contributed by atoms with Gasteiger partial charge in [-0.2, -0.15) is 10.1 Å². The summed E-state index contributed by atoms with van der Waals surface area (Å²) in [5.74, 6) is 0.945. The van der Waals surface area contributed by atoms with Crippen molar-refractivity contribution in [1.29, 1.82) is 0 Å². The fourth-order valence-corrected chi connectivity index (χ4v) is 1.38. The molecule has 0 radical (unpaired) electrons. The van der Waals surface area contributed by atoms with Gasteiger partial charge in [0.2, 0.25) is 5.95 Å². The van der Waals surface area contributed by atoms with Crippen molar-refractivity contribution in [2.45, 2.75) is 6.92 Å². The van der Waals surface area contributed by atoms with Gasteiger partial charge in [-0.05, 0) is 22.9 Å². The molecule has 2 N–H and O–H groups in total. The first kappa shape index (κ1) is 9.14. The number of anilines is 1. The van der Waals surface area contributed by atoms with Crippen LogP contribution in [-0.2, 0) is 0 Å². The number of aryl methyl sites for hydroxylation is 1. The first-order valence-electron chi connectivity index (χ1n) is 3.96. The van der Waals surface area contributed by atoms with Crippen LogP contribution in [0.15, 0.2) is 23.1 Å². The fraction of sp³-hybridized carbons (Fsp3) is 0.125. The molecule has 0 aliphatic rings. The van der Waals surface area contributed by atoms with E-state index >= 15 is 0 Å². The number of nitrogens with zero attached hydrogens (tertiary/aromatic N) is 4. The number of hydrogen-bond donors (Lipinski definition) is 1. The van der Waals surface area contributed by atoms with Gasteiger partial charge in [-0.1, -0.05) is 0 Å². The second kappa shape index (κ2) is 3.38. The molecule has 0 saturated heterocycles. The highest BCUT2D eigenvalue weighted by Gasteiger charge is 2.05. The van der Waals surface area contributed by atoms with Gasteiger partial charge in [0.05, 0.1) is 10.7 Å². The molecule has 0 aliphatic carbocycles. The van der Waals surface area contributed by atoms with Crippen LogP contribution < -0.4 is 5.73 Å². The van der Waals surface area contributed by atoms with Crippen molar-refractivity contribution in [3.8, 4) is 5.82 Å². The van der Waals surface area contributed by atoms with Crippen LogP contribution in [0.3, 0.4) is 0 Å². The van der Waals surface area contributed by atoms with E-state index in [-0.39, 0.29) is 5.95 Å². The lowest BCUT2D eigenvalue weighted by Gasteiger charge is -2.03. The van der Waals surface area contributed by atoms with E-state index in [9.17, 15) is 0 Å². The molecule has 0 unspecified atom stereocenters. The van der Waals surface area contributed by atoms with Crippen molar-refractivity contribution in [3.63, 3.8) is 0 Å². The fourth-order valence-electron chi connectivity index (χ4n) is 1.09. The third kappa shape index (κ3) is 1.60. The predicted molar refractivity (Wildman–Crippen MR) is 56.0 cm³/mol. The summed E-state index contributed by atoms with van der Waals surface area (Å²) in [5.41, 5.74) is 6.42. The summed E-state index contributed by atoms with van der Waals surface area (Å²) < 4.78 is 2.55. The highest BCUT2D eigenvalue weighted by Crippen LogP contribution is 2.13. The Morgan fingerprint density at radius 2 is 2.21 bits per heavy atom. The lowest BCUT2D eigenvalue weighted by Crippen LogP contribution is -2.05. The number of nitrogens with two attached hydrogens (primary N) is 1. The quantitative estimate of drug-likeness (QED) is 0.833. The lowest BCUT2D eigenvalue weighted by atomic mass is 10.3. The molecule has 72 valence electrons. The van der Waals surface area contributed by atoms with Gasteiger partial charge in [-0.15, -0.1) is 0 Å². The summed E-state index contributed by atoms with van der Waals surface area (Å²) >= 11 is 3.31. The second-order valence-electron chi connectivity index (χ2n) is 2.84. The number of rotatable bonds is 1. The van der Waals surface area contributed by atoms with E-state index in [2.05, 4.69) is 31.0 Å². The average molecular weight is 254 g/mol. The van der Waals surface area contributed by atoms with Crippen LogP contribution >= 0.6 is 15.9 Å². The zero-order valence-corrected chi connectivity index (χ0v) is 9.06. The average Bonchev–Trinajstić information content (AvgIpc) is 2.56. The Kier molecular flexibility index (Phi) is 2.20. The first-order chi connectivity index (χ1) is 6.66. The van der Waals surface area contributed by atoms with E-state index in [1.54, 1.807) is 17.1 Å². The Morgan fingerprint density at radius 1 is 1.43 bits per heavy atom. The topological polar surface area (TPSA) is 69.6 Å². The maximum absolute atomic E-state index is 5.50. The number of aromatic nitrogens is 4. The smallest absolute Gasteiger partial charge is 0.222 e. The number of halogens is 1. The van der Waals surface area contributed by atoms with Crippen molar-refractivity contribution in [2.24, 2.45) is 0 Å². The molecule has 0 aliphatic heterocycles. The molecule has 0 aromatic carbocycles. The molecular weight excluding hydrogens is 246 g/mol. The molecule has 0 bridgehead atoms. The molecule has 0 saturated carbocycles. The van der Waals surface area contributed by atoms with Gasteiger partial charge in [-0.25, -0.2) is 9.67 Å². The molecule has 0 spiro atoms. The van der Waals surface area contributed by atoms with E-state index in [1.165, 1.54) is 0 Å². The maximum Gasteiger partial charge on any atom is 0.222 e.